The van der Waals surface area contributed by atoms with Crippen LogP contribution in [-0.4, -0.2) is 15.3 Å². The molecule has 0 unspecified atom stereocenters. The van der Waals surface area contributed by atoms with E-state index >= 15 is 0 Å². The lowest BCUT2D eigenvalue weighted by atomic mass is 10.2. The highest BCUT2D eigenvalue weighted by Gasteiger charge is 2.13. The number of rotatable bonds is 3. The normalized spacial score (nSPS) is 11.2. The van der Waals surface area contributed by atoms with Crippen LogP contribution < -0.4 is 5.32 Å². The molecule has 0 atom stereocenters. The number of furan rings is 1. The zero-order valence-corrected chi connectivity index (χ0v) is 12.7. The fourth-order valence-electron chi connectivity index (χ4n) is 2.46. The maximum Gasteiger partial charge on any atom is 0.287 e. The van der Waals surface area contributed by atoms with Crippen molar-refractivity contribution in [2.24, 2.45) is 0 Å². The van der Waals surface area contributed by atoms with Gasteiger partial charge < -0.3 is 14.1 Å². The van der Waals surface area contributed by atoms with E-state index in [1.807, 2.05) is 35.0 Å². The minimum absolute atomic E-state index is 0.256. The molecule has 1 amide bonds. The minimum Gasteiger partial charge on any atom is -0.451 e. The number of nitrogens with zero attached hydrogens (tertiary/aromatic N) is 2. The molecule has 0 bridgehead atoms. The van der Waals surface area contributed by atoms with Crippen molar-refractivity contribution in [3.8, 4) is 0 Å². The Kier molecular flexibility index (Phi) is 3.28. The Morgan fingerprint density at radius 2 is 2.17 bits per heavy atom. The molecule has 0 saturated heterocycles. The fraction of sp³-hybridized carbons (Fsp3) is 0.0588. The Labute approximate surface area is 136 Å². The van der Waals surface area contributed by atoms with Crippen LogP contribution in [0.4, 0.5) is 0 Å². The number of halogens is 1. The second kappa shape index (κ2) is 5.44. The first-order valence-corrected chi connectivity index (χ1v) is 7.47. The van der Waals surface area contributed by atoms with Gasteiger partial charge in [0.15, 0.2) is 5.76 Å². The van der Waals surface area contributed by atoms with Crippen molar-refractivity contribution in [3.05, 3.63) is 71.3 Å². The van der Waals surface area contributed by atoms with Gasteiger partial charge in [0.2, 0.25) is 0 Å². The number of benzene rings is 1. The number of aromatic nitrogens is 2. The zero-order chi connectivity index (χ0) is 15.8. The molecule has 114 valence electrons. The van der Waals surface area contributed by atoms with E-state index in [4.69, 9.17) is 16.0 Å². The topological polar surface area (TPSA) is 59.5 Å². The van der Waals surface area contributed by atoms with E-state index < -0.39 is 0 Å². The Balaban J connectivity index is 1.52. The summed E-state index contributed by atoms with van der Waals surface area (Å²) in [6.07, 6.45) is 3.80. The van der Waals surface area contributed by atoms with Crippen molar-refractivity contribution in [3.63, 3.8) is 0 Å². The maximum absolute atomic E-state index is 12.2. The third kappa shape index (κ3) is 2.66. The molecule has 1 N–H and O–H groups in total. The van der Waals surface area contributed by atoms with Crippen molar-refractivity contribution in [1.29, 1.82) is 0 Å². The largest absolute Gasteiger partial charge is 0.451 e. The van der Waals surface area contributed by atoms with E-state index in [0.29, 0.717) is 17.2 Å². The number of fused-ring (bicyclic) bond motifs is 2. The number of imidazole rings is 1. The van der Waals surface area contributed by atoms with Gasteiger partial charge >= 0.3 is 0 Å². The molecule has 0 aliphatic carbocycles. The molecule has 3 aromatic heterocycles. The summed E-state index contributed by atoms with van der Waals surface area (Å²) in [5.74, 6) is -0.0274. The molecule has 1 aromatic carbocycles. The van der Waals surface area contributed by atoms with Crippen LogP contribution in [-0.2, 0) is 6.54 Å². The molecule has 4 rings (SSSR count). The van der Waals surface area contributed by atoms with Gasteiger partial charge in [-0.3, -0.25) is 4.79 Å². The number of carbonyl (C=O) groups excluding carboxylic acids is 1. The lowest BCUT2D eigenvalue weighted by molar-refractivity contribution is 0.0925. The number of hydrogen-bond acceptors (Lipinski definition) is 3. The monoisotopic (exact) mass is 325 g/mol. The van der Waals surface area contributed by atoms with Crippen LogP contribution in [0.15, 0.2) is 59.3 Å². The highest BCUT2D eigenvalue weighted by atomic mass is 35.5. The molecule has 0 aliphatic rings. The van der Waals surface area contributed by atoms with Gasteiger partial charge in [-0.15, -0.1) is 0 Å². The van der Waals surface area contributed by atoms with Gasteiger partial charge in [0.25, 0.3) is 5.91 Å². The number of pyridine rings is 1. The van der Waals surface area contributed by atoms with E-state index in [1.54, 1.807) is 24.3 Å². The second-order valence-corrected chi connectivity index (χ2v) is 5.61. The molecule has 3 heterocycles. The lowest BCUT2D eigenvalue weighted by Gasteiger charge is -1.99. The number of hydrogen-bond donors (Lipinski definition) is 1. The smallest absolute Gasteiger partial charge is 0.287 e. The zero-order valence-electron chi connectivity index (χ0n) is 12.0. The fourth-order valence-corrected chi connectivity index (χ4v) is 2.64. The average Bonchev–Trinajstić information content (AvgIpc) is 3.15. The van der Waals surface area contributed by atoms with Crippen LogP contribution in [0.1, 0.15) is 16.2 Å². The van der Waals surface area contributed by atoms with Gasteiger partial charge in [-0.2, -0.15) is 0 Å². The second-order valence-electron chi connectivity index (χ2n) is 5.17. The summed E-state index contributed by atoms with van der Waals surface area (Å²) in [6.45, 7) is 0.332. The Bertz CT molecular complexity index is 986. The molecule has 5 nitrogen and oxygen atoms in total. The Morgan fingerprint density at radius 3 is 3.04 bits per heavy atom. The van der Waals surface area contributed by atoms with Gasteiger partial charge in [-0.05, 0) is 36.4 Å². The van der Waals surface area contributed by atoms with Crippen molar-refractivity contribution in [2.45, 2.75) is 6.54 Å². The van der Waals surface area contributed by atoms with Gasteiger partial charge in [-0.25, -0.2) is 4.98 Å². The van der Waals surface area contributed by atoms with Gasteiger partial charge in [0.1, 0.15) is 11.2 Å². The molecule has 0 spiro atoms. The van der Waals surface area contributed by atoms with Crippen molar-refractivity contribution >= 4 is 34.1 Å². The van der Waals surface area contributed by atoms with E-state index in [-0.39, 0.29) is 11.7 Å². The van der Waals surface area contributed by atoms with Crippen LogP contribution in [0.5, 0.6) is 0 Å². The molecule has 6 heteroatoms. The number of carbonyl (C=O) groups is 1. The highest BCUT2D eigenvalue weighted by Crippen LogP contribution is 2.23. The lowest BCUT2D eigenvalue weighted by Crippen LogP contribution is -2.22. The third-order valence-electron chi connectivity index (χ3n) is 3.55. The van der Waals surface area contributed by atoms with E-state index in [0.717, 1.165) is 16.7 Å². The summed E-state index contributed by atoms with van der Waals surface area (Å²) in [5, 5.41) is 4.22. The highest BCUT2D eigenvalue weighted by molar-refractivity contribution is 6.31. The minimum atomic E-state index is -0.283. The van der Waals surface area contributed by atoms with Crippen molar-refractivity contribution in [1.82, 2.24) is 14.7 Å². The van der Waals surface area contributed by atoms with Crippen molar-refractivity contribution < 1.29 is 9.21 Å². The summed E-state index contributed by atoms with van der Waals surface area (Å²) in [4.78, 5) is 16.6. The predicted octanol–water partition coefficient (Wildman–Crippen LogP) is 3.66. The van der Waals surface area contributed by atoms with Crippen LogP contribution in [0.3, 0.4) is 0 Å². The van der Waals surface area contributed by atoms with Gasteiger partial charge in [0, 0.05) is 22.8 Å². The van der Waals surface area contributed by atoms with Crippen LogP contribution >= 0.6 is 11.6 Å². The standard InChI is InChI=1S/C17H12ClN3O2/c18-12-4-5-14-11(7-12)8-15(23-14)17(22)19-9-13-10-21-6-2-1-3-16(21)20-13/h1-8,10H,9H2,(H,19,22). The molecular weight excluding hydrogens is 314 g/mol. The first kappa shape index (κ1) is 13.8. The summed E-state index contributed by atoms with van der Waals surface area (Å²) < 4.78 is 7.44. The summed E-state index contributed by atoms with van der Waals surface area (Å²) in [6, 6.07) is 12.7. The Hall–Kier alpha value is -2.79. The molecule has 0 radical (unpaired) electrons. The van der Waals surface area contributed by atoms with Crippen LogP contribution in [0.25, 0.3) is 16.6 Å². The number of amides is 1. The summed E-state index contributed by atoms with van der Waals surface area (Å²) in [5.41, 5.74) is 2.26. The van der Waals surface area contributed by atoms with Gasteiger partial charge in [-0.1, -0.05) is 17.7 Å². The molecule has 0 aliphatic heterocycles. The average molecular weight is 326 g/mol. The molecule has 4 aromatic rings. The van der Waals surface area contributed by atoms with E-state index in [9.17, 15) is 4.79 Å². The Morgan fingerprint density at radius 1 is 1.26 bits per heavy atom. The predicted molar refractivity (Wildman–Crippen MR) is 87.6 cm³/mol. The van der Waals surface area contributed by atoms with E-state index in [2.05, 4.69) is 10.3 Å². The summed E-state index contributed by atoms with van der Waals surface area (Å²) >= 11 is 5.93. The first-order valence-electron chi connectivity index (χ1n) is 7.09. The van der Waals surface area contributed by atoms with Gasteiger partial charge in [0.05, 0.1) is 12.2 Å². The number of nitrogens with one attached hydrogen (secondary N) is 1. The maximum atomic E-state index is 12.2. The van der Waals surface area contributed by atoms with Crippen molar-refractivity contribution in [2.75, 3.05) is 0 Å². The SMILES string of the molecule is O=C(NCc1cn2ccccc2n1)c1cc2cc(Cl)ccc2o1. The molecule has 0 fully saturated rings. The third-order valence-corrected chi connectivity index (χ3v) is 3.78. The van der Waals surface area contributed by atoms with Crippen LogP contribution in [0.2, 0.25) is 5.02 Å². The van der Waals surface area contributed by atoms with E-state index in [1.165, 1.54) is 0 Å². The van der Waals surface area contributed by atoms with Crippen LogP contribution in [0, 0.1) is 0 Å². The molecule has 23 heavy (non-hydrogen) atoms. The molecule has 0 saturated carbocycles. The first-order chi connectivity index (χ1) is 11.2. The summed E-state index contributed by atoms with van der Waals surface area (Å²) in [7, 11) is 0. The molecular formula is C17H12ClN3O2. The quantitative estimate of drug-likeness (QED) is 0.625.